The molecule has 32 heavy (non-hydrogen) atoms. The van der Waals surface area contributed by atoms with Crippen LogP contribution in [0.1, 0.15) is 23.6 Å². The second kappa shape index (κ2) is 9.48. The van der Waals surface area contributed by atoms with Gasteiger partial charge in [0.05, 0.1) is 17.9 Å². The number of imidazole rings is 1. The molecule has 0 spiro atoms. The Bertz CT molecular complexity index is 1190. The van der Waals surface area contributed by atoms with Crippen LogP contribution in [0.25, 0.3) is 5.76 Å². The van der Waals surface area contributed by atoms with Gasteiger partial charge in [-0.05, 0) is 36.2 Å². The summed E-state index contributed by atoms with van der Waals surface area (Å²) in [5, 5.41) is 11.8. The summed E-state index contributed by atoms with van der Waals surface area (Å²) in [5.41, 5.74) is 0.959. The zero-order valence-corrected chi connectivity index (χ0v) is 19.8. The van der Waals surface area contributed by atoms with E-state index in [4.69, 9.17) is 23.2 Å². The fourth-order valence-electron chi connectivity index (χ4n) is 3.76. The molecule has 0 saturated carbocycles. The quantitative estimate of drug-likeness (QED) is 0.259. The number of aliphatic hydroxyl groups excluding tert-OH is 1. The van der Waals surface area contributed by atoms with Crippen LogP contribution in [0.3, 0.4) is 0 Å². The average molecular weight is 535 g/mol. The third-order valence-electron chi connectivity index (χ3n) is 5.29. The van der Waals surface area contributed by atoms with E-state index in [1.165, 1.54) is 4.90 Å². The first-order valence-corrected chi connectivity index (χ1v) is 11.4. The number of carbonyl (C=O) groups is 2. The number of amides is 1. The van der Waals surface area contributed by atoms with Crippen molar-refractivity contribution in [2.45, 2.75) is 19.0 Å². The summed E-state index contributed by atoms with van der Waals surface area (Å²) in [5.74, 6) is -1.67. The van der Waals surface area contributed by atoms with Crippen LogP contribution in [0.4, 0.5) is 0 Å². The van der Waals surface area contributed by atoms with E-state index in [1.54, 1.807) is 55.0 Å². The number of nitrogens with zero attached hydrogens (tertiary/aromatic N) is 3. The van der Waals surface area contributed by atoms with Crippen molar-refractivity contribution in [3.05, 3.63) is 92.4 Å². The first-order chi connectivity index (χ1) is 15.4. The van der Waals surface area contributed by atoms with Crippen molar-refractivity contribution < 1.29 is 14.7 Å². The zero-order valence-electron chi connectivity index (χ0n) is 16.7. The predicted octanol–water partition coefficient (Wildman–Crippen LogP) is 5.46. The molecule has 1 fully saturated rings. The van der Waals surface area contributed by atoms with Crippen LogP contribution in [-0.4, -0.2) is 37.8 Å². The number of rotatable bonds is 6. The lowest BCUT2D eigenvalue weighted by molar-refractivity contribution is -0.139. The van der Waals surface area contributed by atoms with Gasteiger partial charge in [0.1, 0.15) is 5.76 Å². The molecule has 6 nitrogen and oxygen atoms in total. The number of hydrogen-bond donors (Lipinski definition) is 1. The maximum Gasteiger partial charge on any atom is 0.295 e. The highest BCUT2D eigenvalue weighted by Gasteiger charge is 2.46. The van der Waals surface area contributed by atoms with Gasteiger partial charge < -0.3 is 14.6 Å². The highest BCUT2D eigenvalue weighted by atomic mass is 79.9. The number of aliphatic hydroxyl groups is 1. The fraction of sp³-hybridized carbons (Fsp3) is 0.174. The fourth-order valence-corrected chi connectivity index (χ4v) is 4.54. The molecular weight excluding hydrogens is 517 g/mol. The van der Waals surface area contributed by atoms with Crippen molar-refractivity contribution in [1.29, 1.82) is 0 Å². The molecule has 9 heteroatoms. The number of aromatic nitrogens is 2. The molecule has 164 valence electrons. The molecule has 1 aromatic heterocycles. The van der Waals surface area contributed by atoms with Gasteiger partial charge in [-0.25, -0.2) is 4.98 Å². The maximum atomic E-state index is 13.0. The monoisotopic (exact) mass is 533 g/mol. The second-order valence-corrected chi connectivity index (χ2v) is 9.08. The minimum Gasteiger partial charge on any atom is -0.507 e. The Balaban J connectivity index is 1.76. The number of carbonyl (C=O) groups excluding carboxylic acids is 2. The van der Waals surface area contributed by atoms with Crippen molar-refractivity contribution in [3.8, 4) is 0 Å². The molecule has 1 amide bonds. The van der Waals surface area contributed by atoms with E-state index < -0.39 is 17.7 Å². The zero-order chi connectivity index (χ0) is 22.8. The van der Waals surface area contributed by atoms with Gasteiger partial charge in [0.2, 0.25) is 0 Å². The summed E-state index contributed by atoms with van der Waals surface area (Å²) in [6, 6.07) is 10.9. The Morgan fingerprint density at radius 3 is 2.50 bits per heavy atom. The van der Waals surface area contributed by atoms with E-state index in [9.17, 15) is 14.7 Å². The molecule has 1 aliphatic heterocycles. The average Bonchev–Trinajstić information content (AvgIpc) is 3.36. The normalized spacial score (nSPS) is 17.8. The minimum absolute atomic E-state index is 0.00387. The SMILES string of the molecule is O=C1C(=O)N(CCCn2ccnc2)[C@H](c2ccc(Cl)cc2Cl)/C1=C(\O)c1ccc(Br)cc1. The highest BCUT2D eigenvalue weighted by Crippen LogP contribution is 2.42. The van der Waals surface area contributed by atoms with Crippen LogP contribution in [0.2, 0.25) is 10.0 Å². The highest BCUT2D eigenvalue weighted by molar-refractivity contribution is 9.10. The summed E-state index contributed by atoms with van der Waals surface area (Å²) in [6.07, 6.45) is 5.78. The summed E-state index contributed by atoms with van der Waals surface area (Å²) in [6.45, 7) is 0.917. The molecule has 4 rings (SSSR count). The lowest BCUT2D eigenvalue weighted by atomic mass is 9.95. The Kier molecular flexibility index (Phi) is 6.69. The second-order valence-electron chi connectivity index (χ2n) is 7.32. The summed E-state index contributed by atoms with van der Waals surface area (Å²) >= 11 is 15.9. The first-order valence-electron chi connectivity index (χ1n) is 9.82. The molecule has 1 saturated heterocycles. The molecule has 0 bridgehead atoms. The van der Waals surface area contributed by atoms with Crippen molar-refractivity contribution >= 4 is 56.6 Å². The number of aryl methyl sites for hydroxylation is 1. The van der Waals surface area contributed by atoms with Crippen LogP contribution in [0, 0.1) is 0 Å². The third kappa shape index (κ3) is 4.46. The van der Waals surface area contributed by atoms with E-state index in [0.717, 1.165) is 4.47 Å². The minimum atomic E-state index is -0.828. The summed E-state index contributed by atoms with van der Waals surface area (Å²) < 4.78 is 2.72. The third-order valence-corrected chi connectivity index (χ3v) is 6.38. The van der Waals surface area contributed by atoms with Gasteiger partial charge in [0.15, 0.2) is 0 Å². The largest absolute Gasteiger partial charge is 0.507 e. The number of halogens is 3. The molecular formula is C23H18BrCl2N3O3. The van der Waals surface area contributed by atoms with Gasteiger partial charge >= 0.3 is 0 Å². The number of hydrogen-bond acceptors (Lipinski definition) is 4. The van der Waals surface area contributed by atoms with Gasteiger partial charge in [0.25, 0.3) is 11.7 Å². The number of likely N-dealkylation sites (tertiary alicyclic amines) is 1. The van der Waals surface area contributed by atoms with E-state index in [0.29, 0.717) is 40.7 Å². The van der Waals surface area contributed by atoms with Crippen molar-refractivity contribution in [1.82, 2.24) is 14.5 Å². The molecule has 1 N–H and O–H groups in total. The lowest BCUT2D eigenvalue weighted by Gasteiger charge is -2.26. The number of Topliss-reactive ketones (excluding diaryl/α,β-unsaturated/α-hetero) is 1. The number of benzene rings is 2. The summed E-state index contributed by atoms with van der Waals surface area (Å²) in [4.78, 5) is 31.5. The molecule has 1 atom stereocenters. The lowest BCUT2D eigenvalue weighted by Crippen LogP contribution is -2.31. The molecule has 0 unspecified atom stereocenters. The summed E-state index contributed by atoms with van der Waals surface area (Å²) in [7, 11) is 0. The molecule has 2 aromatic carbocycles. The van der Waals surface area contributed by atoms with Crippen molar-refractivity contribution in [2.75, 3.05) is 6.54 Å². The number of ketones is 1. The molecule has 0 radical (unpaired) electrons. The van der Waals surface area contributed by atoms with Gasteiger partial charge in [-0.15, -0.1) is 0 Å². The Morgan fingerprint density at radius 2 is 1.84 bits per heavy atom. The van der Waals surface area contributed by atoms with E-state index >= 15 is 0 Å². The van der Waals surface area contributed by atoms with Crippen molar-refractivity contribution in [2.24, 2.45) is 0 Å². The van der Waals surface area contributed by atoms with Gasteiger partial charge in [-0.1, -0.05) is 57.3 Å². The van der Waals surface area contributed by atoms with Gasteiger partial charge in [0, 0.05) is 45.6 Å². The Hall–Kier alpha value is -2.61. The maximum absolute atomic E-state index is 13.0. The van der Waals surface area contributed by atoms with E-state index in [1.807, 2.05) is 10.8 Å². The van der Waals surface area contributed by atoms with Crippen LogP contribution >= 0.6 is 39.1 Å². The molecule has 0 aliphatic carbocycles. The standard InChI is InChI=1S/C23H18BrCl2N3O3/c24-15-4-2-14(3-5-15)21(30)19-20(17-7-6-16(25)12-18(17)26)29(23(32)22(19)31)10-1-9-28-11-8-27-13-28/h2-8,11-13,20,30H,1,9-10H2/b21-19+/t20-/m1/s1. The molecule has 3 aromatic rings. The van der Waals surface area contributed by atoms with E-state index in [2.05, 4.69) is 20.9 Å². The smallest absolute Gasteiger partial charge is 0.295 e. The topological polar surface area (TPSA) is 75.4 Å². The van der Waals surface area contributed by atoms with E-state index in [-0.39, 0.29) is 11.3 Å². The van der Waals surface area contributed by atoms with Gasteiger partial charge in [-0.3, -0.25) is 9.59 Å². The first kappa shape index (κ1) is 22.6. The van der Waals surface area contributed by atoms with Crippen LogP contribution in [-0.2, 0) is 16.1 Å². The predicted molar refractivity (Wildman–Crippen MR) is 126 cm³/mol. The molecule has 1 aliphatic rings. The molecule has 2 heterocycles. The Morgan fingerprint density at radius 1 is 1.09 bits per heavy atom. The van der Waals surface area contributed by atoms with Crippen molar-refractivity contribution in [3.63, 3.8) is 0 Å². The van der Waals surface area contributed by atoms with Crippen LogP contribution < -0.4 is 0 Å². The van der Waals surface area contributed by atoms with Gasteiger partial charge in [-0.2, -0.15) is 0 Å². The van der Waals surface area contributed by atoms with Crippen LogP contribution in [0.5, 0.6) is 0 Å². The Labute approximate surface area is 203 Å². The van der Waals surface area contributed by atoms with Crippen LogP contribution in [0.15, 0.2) is 71.2 Å².